The quantitative estimate of drug-likeness (QED) is 0.802. The van der Waals surface area contributed by atoms with Gasteiger partial charge in [-0.2, -0.15) is 0 Å². The molecule has 0 spiro atoms. The van der Waals surface area contributed by atoms with Crippen molar-refractivity contribution in [2.45, 2.75) is 12.8 Å². The van der Waals surface area contributed by atoms with Crippen molar-refractivity contribution in [1.82, 2.24) is 14.9 Å². The van der Waals surface area contributed by atoms with Gasteiger partial charge in [-0.05, 0) is 31.2 Å². The largest absolute Gasteiger partial charge is 0.469 e. The van der Waals surface area contributed by atoms with Crippen molar-refractivity contribution in [2.24, 2.45) is 0 Å². The summed E-state index contributed by atoms with van der Waals surface area (Å²) in [5, 5.41) is 0. The fraction of sp³-hybridized carbons (Fsp3) is 0.429. The summed E-state index contributed by atoms with van der Waals surface area (Å²) in [6, 6.07) is 6.24. The Balaban J connectivity index is 1.82. The van der Waals surface area contributed by atoms with Crippen LogP contribution in [0, 0.1) is 0 Å². The Bertz CT molecular complexity index is 550. The van der Waals surface area contributed by atoms with E-state index in [-0.39, 0.29) is 5.97 Å². The Morgan fingerprint density at radius 2 is 2.26 bits per heavy atom. The molecule has 0 bridgehead atoms. The highest BCUT2D eigenvalue weighted by Crippen LogP contribution is 2.12. The summed E-state index contributed by atoms with van der Waals surface area (Å²) in [5.41, 5.74) is 3.32. The number of benzene rings is 1. The first-order valence-electron chi connectivity index (χ1n) is 6.36. The lowest BCUT2D eigenvalue weighted by molar-refractivity contribution is -0.140. The van der Waals surface area contributed by atoms with Crippen molar-refractivity contribution in [3.05, 3.63) is 30.1 Å². The lowest BCUT2D eigenvalue weighted by Gasteiger charge is -2.15. The third-order valence-corrected chi connectivity index (χ3v) is 3.19. The maximum Gasteiger partial charge on any atom is 0.306 e. The summed E-state index contributed by atoms with van der Waals surface area (Å²) in [7, 11) is 3.43. The van der Waals surface area contributed by atoms with E-state index in [1.807, 2.05) is 13.1 Å². The number of H-pyrrole nitrogens is 1. The number of carbonyl (C=O) groups is 1. The summed E-state index contributed by atoms with van der Waals surface area (Å²) in [5.74, 6) is -0.161. The van der Waals surface area contributed by atoms with Crippen molar-refractivity contribution in [1.29, 1.82) is 0 Å². The van der Waals surface area contributed by atoms with Crippen LogP contribution in [0.4, 0.5) is 0 Å². The molecule has 102 valence electrons. The van der Waals surface area contributed by atoms with Crippen molar-refractivity contribution in [3.63, 3.8) is 0 Å². The number of nitrogens with one attached hydrogen (secondary N) is 1. The minimum absolute atomic E-state index is 0.161. The standard InChI is InChI=1S/C14H19N3O2/c1-17(8-6-14(18)19-2)7-5-11-3-4-12-13(9-11)16-10-15-12/h3-4,9-10H,5-8H2,1-2H3,(H,15,16). The van der Waals surface area contributed by atoms with Gasteiger partial charge < -0.3 is 14.6 Å². The second-order valence-corrected chi connectivity index (χ2v) is 4.63. The molecule has 5 heteroatoms. The Labute approximate surface area is 112 Å². The van der Waals surface area contributed by atoms with Gasteiger partial charge in [-0.3, -0.25) is 4.79 Å². The number of ether oxygens (including phenoxy) is 1. The number of nitrogens with zero attached hydrogens (tertiary/aromatic N) is 2. The fourth-order valence-corrected chi connectivity index (χ4v) is 1.95. The molecule has 19 heavy (non-hydrogen) atoms. The zero-order valence-electron chi connectivity index (χ0n) is 11.3. The maximum atomic E-state index is 11.0. The topological polar surface area (TPSA) is 58.2 Å². The van der Waals surface area contributed by atoms with Crippen LogP contribution in [-0.4, -0.2) is 48.1 Å². The number of hydrogen-bond acceptors (Lipinski definition) is 4. The molecule has 5 nitrogen and oxygen atoms in total. The van der Waals surface area contributed by atoms with Gasteiger partial charge >= 0.3 is 5.97 Å². The first-order chi connectivity index (χ1) is 9.19. The smallest absolute Gasteiger partial charge is 0.306 e. The Morgan fingerprint density at radius 1 is 1.42 bits per heavy atom. The number of aromatic amines is 1. The Kier molecular flexibility index (Phi) is 4.52. The molecule has 0 atom stereocenters. The number of rotatable bonds is 6. The zero-order chi connectivity index (χ0) is 13.7. The molecule has 0 aliphatic carbocycles. The molecule has 1 aromatic carbocycles. The van der Waals surface area contributed by atoms with Gasteiger partial charge in [0, 0.05) is 13.1 Å². The molecule has 0 fully saturated rings. The average Bonchev–Trinajstić information content (AvgIpc) is 2.89. The molecule has 0 aliphatic rings. The predicted molar refractivity (Wildman–Crippen MR) is 73.9 cm³/mol. The van der Waals surface area contributed by atoms with Crippen LogP contribution in [-0.2, 0) is 16.0 Å². The molecule has 1 N–H and O–H groups in total. The Hall–Kier alpha value is -1.88. The van der Waals surface area contributed by atoms with Gasteiger partial charge in [0.1, 0.15) is 0 Å². The highest BCUT2D eigenvalue weighted by molar-refractivity contribution is 5.75. The summed E-state index contributed by atoms with van der Waals surface area (Å²) >= 11 is 0. The number of aromatic nitrogens is 2. The van der Waals surface area contributed by atoms with Crippen LogP contribution in [0.3, 0.4) is 0 Å². The van der Waals surface area contributed by atoms with E-state index >= 15 is 0 Å². The van der Waals surface area contributed by atoms with E-state index in [9.17, 15) is 4.79 Å². The zero-order valence-corrected chi connectivity index (χ0v) is 11.3. The number of methoxy groups -OCH3 is 1. The molecule has 1 aromatic heterocycles. The molecule has 2 rings (SSSR count). The van der Waals surface area contributed by atoms with E-state index in [1.54, 1.807) is 6.33 Å². The van der Waals surface area contributed by atoms with Gasteiger partial charge in [0.25, 0.3) is 0 Å². The number of likely N-dealkylation sites (N-methyl/N-ethyl adjacent to an activating group) is 1. The first-order valence-corrected chi connectivity index (χ1v) is 6.36. The molecule has 1 heterocycles. The highest BCUT2D eigenvalue weighted by atomic mass is 16.5. The summed E-state index contributed by atoms with van der Waals surface area (Å²) in [6.07, 6.45) is 3.09. The van der Waals surface area contributed by atoms with Crippen LogP contribution in [0.2, 0.25) is 0 Å². The fourth-order valence-electron chi connectivity index (χ4n) is 1.95. The van der Waals surface area contributed by atoms with Gasteiger partial charge in [-0.25, -0.2) is 4.98 Å². The third-order valence-electron chi connectivity index (χ3n) is 3.19. The number of esters is 1. The van der Waals surface area contributed by atoms with Crippen LogP contribution in [0.15, 0.2) is 24.5 Å². The van der Waals surface area contributed by atoms with E-state index < -0.39 is 0 Å². The Morgan fingerprint density at radius 3 is 3.05 bits per heavy atom. The van der Waals surface area contributed by atoms with E-state index in [0.717, 1.165) is 30.5 Å². The molecular weight excluding hydrogens is 242 g/mol. The SMILES string of the molecule is COC(=O)CCN(C)CCc1ccc2nc[nH]c2c1. The maximum absolute atomic E-state index is 11.0. The monoisotopic (exact) mass is 261 g/mol. The molecule has 0 radical (unpaired) electrons. The molecule has 0 unspecified atom stereocenters. The van der Waals surface area contributed by atoms with Crippen molar-refractivity contribution in [2.75, 3.05) is 27.2 Å². The molecule has 0 amide bonds. The number of carbonyl (C=O) groups excluding carboxylic acids is 1. The van der Waals surface area contributed by atoms with E-state index in [0.29, 0.717) is 6.42 Å². The van der Waals surface area contributed by atoms with Gasteiger partial charge in [0.15, 0.2) is 0 Å². The van der Waals surface area contributed by atoms with Crippen molar-refractivity contribution < 1.29 is 9.53 Å². The summed E-state index contributed by atoms with van der Waals surface area (Å²) < 4.78 is 4.63. The minimum atomic E-state index is -0.161. The van der Waals surface area contributed by atoms with Crippen LogP contribution in [0.5, 0.6) is 0 Å². The number of imidazole rings is 1. The molecule has 0 saturated heterocycles. The van der Waals surface area contributed by atoms with E-state index in [2.05, 4.69) is 31.7 Å². The second kappa shape index (κ2) is 6.33. The summed E-state index contributed by atoms with van der Waals surface area (Å²) in [6.45, 7) is 1.63. The molecular formula is C14H19N3O2. The highest BCUT2D eigenvalue weighted by Gasteiger charge is 2.05. The molecule has 2 aromatic rings. The second-order valence-electron chi connectivity index (χ2n) is 4.63. The average molecular weight is 261 g/mol. The van der Waals surface area contributed by atoms with Gasteiger partial charge in [0.05, 0.1) is 30.9 Å². The lowest BCUT2D eigenvalue weighted by Crippen LogP contribution is -2.24. The minimum Gasteiger partial charge on any atom is -0.469 e. The van der Waals surface area contributed by atoms with E-state index in [1.165, 1.54) is 12.7 Å². The third kappa shape index (κ3) is 3.79. The van der Waals surface area contributed by atoms with Crippen LogP contribution >= 0.6 is 0 Å². The van der Waals surface area contributed by atoms with Gasteiger partial charge in [-0.1, -0.05) is 6.07 Å². The van der Waals surface area contributed by atoms with Crippen molar-refractivity contribution >= 4 is 17.0 Å². The molecule has 0 aliphatic heterocycles. The first kappa shape index (κ1) is 13.5. The predicted octanol–water partition coefficient (Wildman–Crippen LogP) is 1.60. The van der Waals surface area contributed by atoms with E-state index in [4.69, 9.17) is 0 Å². The normalized spacial score (nSPS) is 11.1. The van der Waals surface area contributed by atoms with Crippen LogP contribution < -0.4 is 0 Å². The summed E-state index contributed by atoms with van der Waals surface area (Å²) in [4.78, 5) is 20.5. The molecule has 0 saturated carbocycles. The number of hydrogen-bond donors (Lipinski definition) is 1. The van der Waals surface area contributed by atoms with Crippen LogP contribution in [0.1, 0.15) is 12.0 Å². The van der Waals surface area contributed by atoms with Gasteiger partial charge in [-0.15, -0.1) is 0 Å². The number of fused-ring (bicyclic) bond motifs is 1. The van der Waals surface area contributed by atoms with Crippen molar-refractivity contribution in [3.8, 4) is 0 Å². The van der Waals surface area contributed by atoms with Crippen LogP contribution in [0.25, 0.3) is 11.0 Å². The van der Waals surface area contributed by atoms with Gasteiger partial charge in [0.2, 0.25) is 0 Å². The lowest BCUT2D eigenvalue weighted by atomic mass is 10.1.